The fraction of sp³-hybridized carbons (Fsp3) is 0.333. The molecule has 4 heteroatoms. The fourth-order valence-corrected chi connectivity index (χ4v) is 3.14. The highest BCUT2D eigenvalue weighted by atomic mass is 16.2. The van der Waals surface area contributed by atoms with Crippen LogP contribution in [0.25, 0.3) is 11.0 Å². The van der Waals surface area contributed by atoms with Crippen LogP contribution in [0.3, 0.4) is 0 Å². The second-order valence-electron chi connectivity index (χ2n) is 6.45. The number of carbonyl (C=O) groups is 1. The number of amides is 1. The molecule has 25 heavy (non-hydrogen) atoms. The molecule has 130 valence electrons. The lowest BCUT2D eigenvalue weighted by molar-refractivity contribution is -0.122. The second-order valence-corrected chi connectivity index (χ2v) is 6.45. The third-order valence-corrected chi connectivity index (χ3v) is 4.47. The van der Waals surface area contributed by atoms with E-state index in [0.717, 1.165) is 36.1 Å². The van der Waals surface area contributed by atoms with Crippen molar-refractivity contribution in [3.63, 3.8) is 0 Å². The van der Waals surface area contributed by atoms with Crippen LogP contribution in [0.15, 0.2) is 54.6 Å². The number of nitrogens with one attached hydrogen (secondary N) is 1. The number of nitrogens with zero attached hydrogens (tertiary/aromatic N) is 2. The van der Waals surface area contributed by atoms with Crippen LogP contribution in [-0.4, -0.2) is 21.5 Å². The van der Waals surface area contributed by atoms with E-state index in [1.807, 2.05) is 34.9 Å². The molecule has 1 atom stereocenters. The van der Waals surface area contributed by atoms with Crippen molar-refractivity contribution >= 4 is 16.9 Å². The van der Waals surface area contributed by atoms with Crippen LogP contribution in [0.2, 0.25) is 0 Å². The molecular formula is C21H25N3O. The van der Waals surface area contributed by atoms with Gasteiger partial charge in [0.25, 0.3) is 0 Å². The van der Waals surface area contributed by atoms with E-state index in [9.17, 15) is 4.79 Å². The summed E-state index contributed by atoms with van der Waals surface area (Å²) in [6.07, 6.45) is 2.71. The van der Waals surface area contributed by atoms with Gasteiger partial charge in [0.1, 0.15) is 12.4 Å². The number of aryl methyl sites for hydroxylation is 2. The van der Waals surface area contributed by atoms with E-state index in [0.29, 0.717) is 6.54 Å². The van der Waals surface area contributed by atoms with Crippen LogP contribution >= 0.6 is 0 Å². The summed E-state index contributed by atoms with van der Waals surface area (Å²) < 4.78 is 2.02. The summed E-state index contributed by atoms with van der Waals surface area (Å²) in [6.45, 7) is 4.45. The van der Waals surface area contributed by atoms with Crippen LogP contribution in [0, 0.1) is 0 Å². The summed E-state index contributed by atoms with van der Waals surface area (Å²) in [6, 6.07) is 18.5. The monoisotopic (exact) mass is 335 g/mol. The van der Waals surface area contributed by atoms with Crippen molar-refractivity contribution in [1.82, 2.24) is 14.9 Å². The summed E-state index contributed by atoms with van der Waals surface area (Å²) in [5, 5.41) is 3.12. The number of hydrogen-bond acceptors (Lipinski definition) is 2. The van der Waals surface area contributed by atoms with E-state index in [4.69, 9.17) is 0 Å². The average Bonchev–Trinajstić information content (AvgIpc) is 2.98. The Kier molecular flexibility index (Phi) is 5.49. The number of carbonyl (C=O) groups excluding carboxylic acids is 1. The van der Waals surface area contributed by atoms with E-state index in [-0.39, 0.29) is 11.9 Å². The van der Waals surface area contributed by atoms with Crippen LogP contribution in [-0.2, 0) is 24.2 Å². The highest BCUT2D eigenvalue weighted by Crippen LogP contribution is 2.16. The highest BCUT2D eigenvalue weighted by molar-refractivity contribution is 5.81. The van der Waals surface area contributed by atoms with Gasteiger partial charge in [-0.1, -0.05) is 49.4 Å². The first kappa shape index (κ1) is 17.2. The standard InChI is InChI=1S/C21H25N3O/c1-3-20-23-18-11-7-8-12-19(18)24(20)15-21(25)22-16(2)13-14-17-9-5-4-6-10-17/h4-12,16H,3,13-15H2,1-2H3,(H,22,25). The zero-order valence-electron chi connectivity index (χ0n) is 14.9. The molecule has 1 N–H and O–H groups in total. The van der Waals surface area contributed by atoms with Crippen molar-refractivity contribution in [2.45, 2.75) is 45.7 Å². The van der Waals surface area contributed by atoms with Crippen LogP contribution in [0.4, 0.5) is 0 Å². The zero-order chi connectivity index (χ0) is 17.6. The molecule has 0 aliphatic rings. The Morgan fingerprint density at radius 3 is 2.60 bits per heavy atom. The van der Waals surface area contributed by atoms with E-state index >= 15 is 0 Å². The second kappa shape index (κ2) is 7.97. The zero-order valence-corrected chi connectivity index (χ0v) is 14.9. The molecule has 1 aromatic heterocycles. The Bertz CT molecular complexity index is 839. The van der Waals surface area contributed by atoms with Crippen molar-refractivity contribution in [2.75, 3.05) is 0 Å². The van der Waals surface area contributed by atoms with Gasteiger partial charge in [-0.25, -0.2) is 4.98 Å². The topological polar surface area (TPSA) is 46.9 Å². The Morgan fingerprint density at radius 1 is 1.12 bits per heavy atom. The Labute approximate surface area is 148 Å². The molecule has 0 bridgehead atoms. The molecule has 4 nitrogen and oxygen atoms in total. The summed E-state index contributed by atoms with van der Waals surface area (Å²) in [5.41, 5.74) is 3.27. The molecule has 0 aliphatic heterocycles. The molecule has 2 aromatic carbocycles. The molecule has 3 rings (SSSR count). The third kappa shape index (κ3) is 4.27. The lowest BCUT2D eigenvalue weighted by atomic mass is 10.1. The normalized spacial score (nSPS) is 12.2. The van der Waals surface area contributed by atoms with Gasteiger partial charge in [-0.05, 0) is 37.5 Å². The maximum atomic E-state index is 12.5. The van der Waals surface area contributed by atoms with Crippen molar-refractivity contribution in [1.29, 1.82) is 0 Å². The predicted molar refractivity (Wildman–Crippen MR) is 101 cm³/mol. The minimum absolute atomic E-state index is 0.0402. The van der Waals surface area contributed by atoms with Gasteiger partial charge in [-0.3, -0.25) is 4.79 Å². The van der Waals surface area contributed by atoms with E-state index < -0.39 is 0 Å². The van der Waals surface area contributed by atoms with Crippen molar-refractivity contribution in [3.05, 3.63) is 66.0 Å². The van der Waals surface area contributed by atoms with E-state index in [1.54, 1.807) is 0 Å². The fourth-order valence-electron chi connectivity index (χ4n) is 3.14. The Hall–Kier alpha value is -2.62. The number of rotatable bonds is 7. The first-order chi connectivity index (χ1) is 12.2. The van der Waals surface area contributed by atoms with Crippen LogP contribution < -0.4 is 5.32 Å². The van der Waals surface area contributed by atoms with E-state index in [1.165, 1.54) is 5.56 Å². The largest absolute Gasteiger partial charge is 0.352 e. The molecule has 0 saturated heterocycles. The number of aromatic nitrogens is 2. The number of fused-ring (bicyclic) bond motifs is 1. The first-order valence-electron chi connectivity index (χ1n) is 8.94. The molecule has 1 heterocycles. The van der Waals surface area contributed by atoms with Gasteiger partial charge in [-0.15, -0.1) is 0 Å². The van der Waals surface area contributed by atoms with Gasteiger partial charge < -0.3 is 9.88 Å². The minimum atomic E-state index is 0.0402. The number of benzene rings is 2. The summed E-state index contributed by atoms with van der Waals surface area (Å²) in [7, 11) is 0. The summed E-state index contributed by atoms with van der Waals surface area (Å²) in [5.74, 6) is 0.992. The number of hydrogen-bond donors (Lipinski definition) is 1. The Balaban J connectivity index is 1.61. The van der Waals surface area contributed by atoms with Crippen LogP contribution in [0.5, 0.6) is 0 Å². The van der Waals surface area contributed by atoms with Crippen LogP contribution in [0.1, 0.15) is 31.7 Å². The number of imidazole rings is 1. The van der Waals surface area contributed by atoms with Gasteiger partial charge in [-0.2, -0.15) is 0 Å². The van der Waals surface area contributed by atoms with Gasteiger partial charge in [0.05, 0.1) is 11.0 Å². The molecule has 0 fully saturated rings. The quantitative estimate of drug-likeness (QED) is 0.715. The maximum Gasteiger partial charge on any atom is 0.240 e. The molecule has 0 saturated carbocycles. The van der Waals surface area contributed by atoms with Gasteiger partial charge in [0.15, 0.2) is 0 Å². The van der Waals surface area contributed by atoms with Crippen molar-refractivity contribution in [3.8, 4) is 0 Å². The maximum absolute atomic E-state index is 12.5. The molecular weight excluding hydrogens is 310 g/mol. The minimum Gasteiger partial charge on any atom is -0.352 e. The highest BCUT2D eigenvalue weighted by Gasteiger charge is 2.13. The lowest BCUT2D eigenvalue weighted by Gasteiger charge is -2.15. The molecule has 0 radical (unpaired) electrons. The third-order valence-electron chi connectivity index (χ3n) is 4.47. The smallest absolute Gasteiger partial charge is 0.240 e. The lowest BCUT2D eigenvalue weighted by Crippen LogP contribution is -2.35. The molecule has 1 amide bonds. The van der Waals surface area contributed by atoms with E-state index in [2.05, 4.69) is 48.4 Å². The number of para-hydroxylation sites is 2. The summed E-state index contributed by atoms with van der Waals surface area (Å²) in [4.78, 5) is 17.1. The first-order valence-corrected chi connectivity index (χ1v) is 8.94. The molecule has 0 spiro atoms. The predicted octanol–water partition coefficient (Wildman–Crippen LogP) is 3.74. The molecule has 0 aliphatic carbocycles. The van der Waals surface area contributed by atoms with Crippen molar-refractivity contribution in [2.24, 2.45) is 0 Å². The summed E-state index contributed by atoms with van der Waals surface area (Å²) >= 11 is 0. The Morgan fingerprint density at radius 2 is 1.84 bits per heavy atom. The molecule has 3 aromatic rings. The molecule has 1 unspecified atom stereocenters. The van der Waals surface area contributed by atoms with Gasteiger partial charge in [0, 0.05) is 12.5 Å². The average molecular weight is 335 g/mol. The van der Waals surface area contributed by atoms with Gasteiger partial charge >= 0.3 is 0 Å². The van der Waals surface area contributed by atoms with Crippen molar-refractivity contribution < 1.29 is 4.79 Å². The van der Waals surface area contributed by atoms with Gasteiger partial charge in [0.2, 0.25) is 5.91 Å². The SMILES string of the molecule is CCc1nc2ccccc2n1CC(=O)NC(C)CCc1ccccc1.